The lowest BCUT2D eigenvalue weighted by molar-refractivity contribution is -0.0380. The first-order chi connectivity index (χ1) is 9.09. The molecule has 0 bridgehead atoms. The van der Waals surface area contributed by atoms with Crippen LogP contribution in [-0.4, -0.2) is 23.5 Å². The molecule has 1 saturated carbocycles. The number of halogens is 2. The van der Waals surface area contributed by atoms with Gasteiger partial charge >= 0.3 is 0 Å². The zero-order chi connectivity index (χ0) is 13.5. The third-order valence-corrected chi connectivity index (χ3v) is 4.09. The summed E-state index contributed by atoms with van der Waals surface area (Å²) in [6.07, 6.45) is 3.40. The summed E-state index contributed by atoms with van der Waals surface area (Å²) >= 11 is 0. The minimum absolute atomic E-state index is 0.0280. The molecule has 5 heteroatoms. The van der Waals surface area contributed by atoms with Crippen molar-refractivity contribution in [3.05, 3.63) is 23.4 Å². The highest BCUT2D eigenvalue weighted by atomic mass is 19.3. The molecule has 0 radical (unpaired) electrons. The summed E-state index contributed by atoms with van der Waals surface area (Å²) in [6.45, 7) is 0.827. The predicted molar refractivity (Wildman–Crippen MR) is 67.2 cm³/mol. The summed E-state index contributed by atoms with van der Waals surface area (Å²) in [7, 11) is 0. The van der Waals surface area contributed by atoms with Gasteiger partial charge in [-0.1, -0.05) is 0 Å². The van der Waals surface area contributed by atoms with E-state index in [2.05, 4.69) is 16.0 Å². The van der Waals surface area contributed by atoms with Crippen LogP contribution in [0.3, 0.4) is 0 Å². The van der Waals surface area contributed by atoms with Crippen molar-refractivity contribution in [3.63, 3.8) is 0 Å². The maximum absolute atomic E-state index is 13.2. The Morgan fingerprint density at radius 1 is 1.37 bits per heavy atom. The van der Waals surface area contributed by atoms with Crippen LogP contribution in [0.4, 0.5) is 14.6 Å². The fraction of sp³-hybridized carbons (Fsp3) is 0.571. The van der Waals surface area contributed by atoms with E-state index in [-0.39, 0.29) is 18.9 Å². The minimum Gasteiger partial charge on any atom is -0.353 e. The Kier molecular flexibility index (Phi) is 2.89. The van der Waals surface area contributed by atoms with Crippen LogP contribution < -0.4 is 4.90 Å². The predicted octanol–water partition coefficient (Wildman–Crippen LogP) is 2.89. The lowest BCUT2D eigenvalue weighted by atomic mass is 9.91. The summed E-state index contributed by atoms with van der Waals surface area (Å²) in [5.74, 6) is -1.61. The van der Waals surface area contributed by atoms with Crippen LogP contribution in [0.1, 0.15) is 36.8 Å². The van der Waals surface area contributed by atoms with Crippen LogP contribution >= 0.6 is 0 Å². The van der Waals surface area contributed by atoms with Gasteiger partial charge in [0.1, 0.15) is 11.9 Å². The lowest BCUT2D eigenvalue weighted by Gasteiger charge is -2.35. The quantitative estimate of drug-likeness (QED) is 0.782. The van der Waals surface area contributed by atoms with Gasteiger partial charge in [0.15, 0.2) is 0 Å². The molecule has 3 nitrogen and oxygen atoms in total. The summed E-state index contributed by atoms with van der Waals surface area (Å²) in [4.78, 5) is 6.48. The van der Waals surface area contributed by atoms with Crippen LogP contribution in [0, 0.1) is 11.3 Å². The van der Waals surface area contributed by atoms with E-state index in [1.54, 1.807) is 6.20 Å². The molecule has 1 aromatic heterocycles. The van der Waals surface area contributed by atoms with Gasteiger partial charge in [0.05, 0.1) is 5.56 Å². The van der Waals surface area contributed by atoms with Crippen molar-refractivity contribution >= 4 is 5.82 Å². The maximum Gasteiger partial charge on any atom is 0.248 e. The number of nitriles is 1. The molecular formula is C14H15F2N3. The molecule has 0 amide bonds. The molecular weight excluding hydrogens is 248 g/mol. The van der Waals surface area contributed by atoms with Crippen molar-refractivity contribution in [1.29, 1.82) is 5.26 Å². The second-order valence-electron chi connectivity index (χ2n) is 5.35. The van der Waals surface area contributed by atoms with Gasteiger partial charge in [0.2, 0.25) is 5.92 Å². The van der Waals surface area contributed by atoms with E-state index >= 15 is 0 Å². The first kappa shape index (κ1) is 12.3. The van der Waals surface area contributed by atoms with Gasteiger partial charge in [0, 0.05) is 31.6 Å². The molecule has 1 aliphatic carbocycles. The summed E-state index contributed by atoms with van der Waals surface area (Å²) in [6, 6.07) is 4.11. The van der Waals surface area contributed by atoms with E-state index in [9.17, 15) is 8.78 Å². The third-order valence-electron chi connectivity index (χ3n) is 4.09. The van der Waals surface area contributed by atoms with Crippen molar-refractivity contribution in [1.82, 2.24) is 4.98 Å². The summed E-state index contributed by atoms with van der Waals surface area (Å²) in [5.41, 5.74) is 1.63. The minimum atomic E-state index is -2.49. The van der Waals surface area contributed by atoms with Crippen LogP contribution in [0.2, 0.25) is 0 Å². The number of aromatic nitrogens is 1. The Labute approximate surface area is 110 Å². The number of nitrogens with zero attached hydrogens (tertiary/aromatic N) is 3. The Hall–Kier alpha value is -1.70. The molecule has 0 aromatic carbocycles. The first-order valence-corrected chi connectivity index (χ1v) is 6.62. The highest BCUT2D eigenvalue weighted by Gasteiger charge is 2.38. The van der Waals surface area contributed by atoms with E-state index in [0.717, 1.165) is 24.3 Å². The topological polar surface area (TPSA) is 39.9 Å². The number of hydrogen-bond donors (Lipinski definition) is 0. The van der Waals surface area contributed by atoms with Crippen molar-refractivity contribution in [3.8, 4) is 6.07 Å². The van der Waals surface area contributed by atoms with Crippen LogP contribution in [0.25, 0.3) is 0 Å². The fourth-order valence-electron chi connectivity index (χ4n) is 3.05. The monoisotopic (exact) mass is 263 g/mol. The Balaban J connectivity index is 1.78. The number of rotatable bonds is 1. The van der Waals surface area contributed by atoms with Gasteiger partial charge in [-0.3, -0.25) is 0 Å². The smallest absolute Gasteiger partial charge is 0.248 e. The molecule has 19 heavy (non-hydrogen) atoms. The molecule has 0 spiro atoms. The molecule has 2 aliphatic rings. The largest absolute Gasteiger partial charge is 0.353 e. The van der Waals surface area contributed by atoms with Gasteiger partial charge in [-0.05, 0) is 30.9 Å². The number of hydrogen-bond acceptors (Lipinski definition) is 3. The van der Waals surface area contributed by atoms with Crippen molar-refractivity contribution < 1.29 is 8.78 Å². The second-order valence-corrected chi connectivity index (χ2v) is 5.35. The van der Waals surface area contributed by atoms with Gasteiger partial charge in [-0.15, -0.1) is 0 Å². The van der Waals surface area contributed by atoms with E-state index in [0.29, 0.717) is 18.4 Å². The highest BCUT2D eigenvalue weighted by Crippen LogP contribution is 2.38. The number of pyridine rings is 1. The van der Waals surface area contributed by atoms with Gasteiger partial charge in [0.25, 0.3) is 0 Å². The molecule has 1 aromatic rings. The Morgan fingerprint density at radius 2 is 2.11 bits per heavy atom. The molecule has 3 rings (SSSR count). The zero-order valence-electron chi connectivity index (χ0n) is 10.6. The fourth-order valence-corrected chi connectivity index (χ4v) is 3.05. The number of fused-ring (bicyclic) bond motifs is 1. The van der Waals surface area contributed by atoms with E-state index < -0.39 is 5.92 Å². The highest BCUT2D eigenvalue weighted by molar-refractivity contribution is 5.55. The SMILES string of the molecule is N#Cc1cnc2c(c1)CCN2C1CCC(F)(F)CC1. The van der Waals surface area contributed by atoms with Gasteiger partial charge < -0.3 is 4.90 Å². The molecule has 0 unspecified atom stereocenters. The van der Waals surface area contributed by atoms with E-state index in [1.165, 1.54) is 0 Å². The molecule has 1 fully saturated rings. The molecule has 0 atom stereocenters. The van der Waals surface area contributed by atoms with Crippen molar-refractivity contribution in [2.45, 2.75) is 44.1 Å². The van der Waals surface area contributed by atoms with Crippen LogP contribution in [-0.2, 0) is 6.42 Å². The maximum atomic E-state index is 13.2. The Bertz CT molecular complexity index is 526. The molecule has 2 heterocycles. The third kappa shape index (κ3) is 2.27. The molecule has 0 saturated heterocycles. The second kappa shape index (κ2) is 4.44. The van der Waals surface area contributed by atoms with Crippen LogP contribution in [0.15, 0.2) is 12.3 Å². The number of anilines is 1. The van der Waals surface area contributed by atoms with Crippen LogP contribution in [0.5, 0.6) is 0 Å². The average Bonchev–Trinajstić information content (AvgIpc) is 2.81. The number of alkyl halides is 2. The molecule has 100 valence electrons. The summed E-state index contributed by atoms with van der Waals surface area (Å²) in [5, 5.41) is 8.85. The lowest BCUT2D eigenvalue weighted by Crippen LogP contribution is -2.40. The van der Waals surface area contributed by atoms with Gasteiger partial charge in [-0.2, -0.15) is 5.26 Å². The summed E-state index contributed by atoms with van der Waals surface area (Å²) < 4.78 is 26.4. The van der Waals surface area contributed by atoms with Crippen molar-refractivity contribution in [2.75, 3.05) is 11.4 Å². The molecule has 0 N–H and O–H groups in total. The van der Waals surface area contributed by atoms with E-state index in [4.69, 9.17) is 5.26 Å². The Morgan fingerprint density at radius 3 is 2.79 bits per heavy atom. The zero-order valence-corrected chi connectivity index (χ0v) is 10.6. The van der Waals surface area contributed by atoms with Gasteiger partial charge in [-0.25, -0.2) is 13.8 Å². The van der Waals surface area contributed by atoms with Crippen molar-refractivity contribution in [2.24, 2.45) is 0 Å². The average molecular weight is 263 g/mol. The molecule has 1 aliphatic heterocycles. The normalized spacial score (nSPS) is 22.1. The van der Waals surface area contributed by atoms with E-state index in [1.807, 2.05) is 6.07 Å². The standard InChI is InChI=1S/C14H15F2N3/c15-14(16)4-1-12(2-5-14)19-6-3-11-7-10(8-17)9-18-13(11)19/h7,9,12H,1-6H2. The first-order valence-electron chi connectivity index (χ1n) is 6.62.